The minimum absolute atomic E-state index is 0.0266. The number of carbonyl (C=O) groups excluding carboxylic acids is 1. The van der Waals surface area contributed by atoms with E-state index in [1.165, 1.54) is 0 Å². The number of aryl methyl sites for hydroxylation is 1. The van der Waals surface area contributed by atoms with Gasteiger partial charge in [-0.25, -0.2) is 9.97 Å². The average Bonchev–Trinajstić information content (AvgIpc) is 3.02. The monoisotopic (exact) mass is 311 g/mol. The number of anilines is 1. The standard InChI is InChI=1S/C17H21N5O/c1-12-9-16(21-17(20-12)15-5-3-4-7-18-15)22-8-6-14(11-22)10-19-13(2)23/h3-5,7,9,14H,6,8,10-11H2,1-2H3,(H,19,23). The van der Waals surface area contributed by atoms with Crippen molar-refractivity contribution in [3.8, 4) is 11.5 Å². The van der Waals surface area contributed by atoms with Crippen molar-refractivity contribution in [2.24, 2.45) is 5.92 Å². The Hall–Kier alpha value is -2.50. The van der Waals surface area contributed by atoms with E-state index in [0.29, 0.717) is 11.7 Å². The quantitative estimate of drug-likeness (QED) is 0.932. The average molecular weight is 311 g/mol. The van der Waals surface area contributed by atoms with Crippen molar-refractivity contribution in [1.29, 1.82) is 0 Å². The molecule has 1 fully saturated rings. The van der Waals surface area contributed by atoms with Crippen molar-refractivity contribution >= 4 is 11.7 Å². The summed E-state index contributed by atoms with van der Waals surface area (Å²) < 4.78 is 0. The summed E-state index contributed by atoms with van der Waals surface area (Å²) in [6.45, 7) is 6.10. The van der Waals surface area contributed by atoms with Gasteiger partial charge in [0.1, 0.15) is 11.5 Å². The summed E-state index contributed by atoms with van der Waals surface area (Å²) in [7, 11) is 0. The molecule has 1 N–H and O–H groups in total. The second kappa shape index (κ2) is 6.73. The molecule has 3 rings (SSSR count). The number of hydrogen-bond acceptors (Lipinski definition) is 5. The number of aromatic nitrogens is 3. The number of nitrogens with one attached hydrogen (secondary N) is 1. The second-order valence-corrected chi connectivity index (χ2v) is 5.94. The lowest BCUT2D eigenvalue weighted by Gasteiger charge is -2.18. The van der Waals surface area contributed by atoms with Gasteiger partial charge in [0.05, 0.1) is 0 Å². The minimum atomic E-state index is 0.0266. The van der Waals surface area contributed by atoms with Crippen LogP contribution in [0.15, 0.2) is 30.5 Å². The van der Waals surface area contributed by atoms with Crippen molar-refractivity contribution < 1.29 is 4.79 Å². The molecule has 1 unspecified atom stereocenters. The van der Waals surface area contributed by atoms with E-state index in [2.05, 4.69) is 25.2 Å². The first-order chi connectivity index (χ1) is 11.1. The Kier molecular flexibility index (Phi) is 4.50. The Bertz CT molecular complexity index is 689. The van der Waals surface area contributed by atoms with Crippen molar-refractivity contribution in [1.82, 2.24) is 20.3 Å². The molecule has 1 amide bonds. The summed E-state index contributed by atoms with van der Waals surface area (Å²) in [6.07, 6.45) is 2.81. The number of nitrogens with zero attached hydrogens (tertiary/aromatic N) is 4. The highest BCUT2D eigenvalue weighted by Gasteiger charge is 2.24. The van der Waals surface area contributed by atoms with Crippen LogP contribution in [-0.4, -0.2) is 40.5 Å². The Balaban J connectivity index is 1.76. The zero-order chi connectivity index (χ0) is 16.2. The zero-order valence-corrected chi connectivity index (χ0v) is 13.5. The lowest BCUT2D eigenvalue weighted by molar-refractivity contribution is -0.119. The van der Waals surface area contributed by atoms with Crippen LogP contribution >= 0.6 is 0 Å². The van der Waals surface area contributed by atoms with Gasteiger partial charge in [-0.05, 0) is 31.4 Å². The van der Waals surface area contributed by atoms with Gasteiger partial charge in [-0.15, -0.1) is 0 Å². The summed E-state index contributed by atoms with van der Waals surface area (Å²) in [6, 6.07) is 7.75. The van der Waals surface area contributed by atoms with E-state index in [0.717, 1.165) is 43.3 Å². The van der Waals surface area contributed by atoms with Crippen LogP contribution in [0, 0.1) is 12.8 Å². The van der Waals surface area contributed by atoms with E-state index in [1.54, 1.807) is 13.1 Å². The zero-order valence-electron chi connectivity index (χ0n) is 13.5. The molecule has 0 aliphatic carbocycles. The lowest BCUT2D eigenvalue weighted by atomic mass is 10.1. The molecule has 0 spiro atoms. The van der Waals surface area contributed by atoms with Gasteiger partial charge >= 0.3 is 0 Å². The lowest BCUT2D eigenvalue weighted by Crippen LogP contribution is -2.29. The molecule has 0 bridgehead atoms. The highest BCUT2D eigenvalue weighted by atomic mass is 16.1. The summed E-state index contributed by atoms with van der Waals surface area (Å²) in [4.78, 5) is 26.8. The van der Waals surface area contributed by atoms with Crippen LogP contribution in [-0.2, 0) is 4.79 Å². The molecule has 120 valence electrons. The van der Waals surface area contributed by atoms with E-state index in [1.807, 2.05) is 31.2 Å². The topological polar surface area (TPSA) is 71.0 Å². The summed E-state index contributed by atoms with van der Waals surface area (Å²) in [5.41, 5.74) is 1.72. The largest absolute Gasteiger partial charge is 0.356 e. The molecular weight excluding hydrogens is 290 g/mol. The van der Waals surface area contributed by atoms with Crippen LogP contribution in [0.1, 0.15) is 19.0 Å². The van der Waals surface area contributed by atoms with Gasteiger partial charge in [-0.1, -0.05) is 6.07 Å². The molecule has 0 saturated carbocycles. The number of pyridine rings is 1. The van der Waals surface area contributed by atoms with Gasteiger partial charge in [0, 0.05) is 44.5 Å². The fourth-order valence-electron chi connectivity index (χ4n) is 2.82. The number of rotatable bonds is 4. The first-order valence-electron chi connectivity index (χ1n) is 7.88. The molecule has 0 radical (unpaired) electrons. The van der Waals surface area contributed by atoms with Gasteiger partial charge < -0.3 is 10.2 Å². The van der Waals surface area contributed by atoms with Crippen LogP contribution in [0.4, 0.5) is 5.82 Å². The Morgan fingerprint density at radius 1 is 1.39 bits per heavy atom. The maximum atomic E-state index is 11.0. The van der Waals surface area contributed by atoms with Gasteiger partial charge in [0.15, 0.2) is 5.82 Å². The smallest absolute Gasteiger partial charge is 0.216 e. The Labute approximate surface area is 136 Å². The SMILES string of the molecule is CC(=O)NCC1CCN(c2cc(C)nc(-c3ccccn3)n2)C1. The molecule has 6 nitrogen and oxygen atoms in total. The number of hydrogen-bond donors (Lipinski definition) is 1. The Morgan fingerprint density at radius 2 is 2.26 bits per heavy atom. The first-order valence-corrected chi connectivity index (χ1v) is 7.88. The normalized spacial score (nSPS) is 17.3. The van der Waals surface area contributed by atoms with E-state index in [4.69, 9.17) is 0 Å². The predicted molar refractivity (Wildman–Crippen MR) is 89.0 cm³/mol. The molecule has 6 heteroatoms. The minimum Gasteiger partial charge on any atom is -0.356 e. The highest BCUT2D eigenvalue weighted by Crippen LogP contribution is 2.24. The molecule has 0 aromatic carbocycles. The van der Waals surface area contributed by atoms with E-state index in [9.17, 15) is 4.79 Å². The molecular formula is C17H21N5O. The Morgan fingerprint density at radius 3 is 3.00 bits per heavy atom. The molecule has 3 heterocycles. The fraction of sp³-hybridized carbons (Fsp3) is 0.412. The molecule has 1 saturated heterocycles. The third-order valence-electron chi connectivity index (χ3n) is 3.98. The molecule has 2 aromatic rings. The van der Waals surface area contributed by atoms with Crippen molar-refractivity contribution in [3.63, 3.8) is 0 Å². The maximum absolute atomic E-state index is 11.0. The van der Waals surface area contributed by atoms with E-state index in [-0.39, 0.29) is 5.91 Å². The molecule has 1 aliphatic rings. The maximum Gasteiger partial charge on any atom is 0.216 e. The van der Waals surface area contributed by atoms with Crippen LogP contribution in [0.3, 0.4) is 0 Å². The van der Waals surface area contributed by atoms with Gasteiger partial charge in [-0.3, -0.25) is 9.78 Å². The first kappa shape index (κ1) is 15.4. The van der Waals surface area contributed by atoms with Gasteiger partial charge in [-0.2, -0.15) is 0 Å². The van der Waals surface area contributed by atoms with Crippen molar-refractivity contribution in [3.05, 3.63) is 36.2 Å². The van der Waals surface area contributed by atoms with Crippen LogP contribution in [0.25, 0.3) is 11.5 Å². The predicted octanol–water partition coefficient (Wildman–Crippen LogP) is 1.81. The second-order valence-electron chi connectivity index (χ2n) is 5.94. The van der Waals surface area contributed by atoms with E-state index >= 15 is 0 Å². The fourth-order valence-corrected chi connectivity index (χ4v) is 2.82. The van der Waals surface area contributed by atoms with Crippen LogP contribution < -0.4 is 10.2 Å². The molecule has 23 heavy (non-hydrogen) atoms. The summed E-state index contributed by atoms with van der Waals surface area (Å²) >= 11 is 0. The summed E-state index contributed by atoms with van der Waals surface area (Å²) in [5.74, 6) is 2.08. The number of carbonyl (C=O) groups is 1. The molecule has 1 aliphatic heterocycles. The molecule has 2 aromatic heterocycles. The summed E-state index contributed by atoms with van der Waals surface area (Å²) in [5, 5.41) is 2.90. The third kappa shape index (κ3) is 3.83. The van der Waals surface area contributed by atoms with Crippen molar-refractivity contribution in [2.45, 2.75) is 20.3 Å². The van der Waals surface area contributed by atoms with Crippen LogP contribution in [0.2, 0.25) is 0 Å². The van der Waals surface area contributed by atoms with Gasteiger partial charge in [0.25, 0.3) is 0 Å². The third-order valence-corrected chi connectivity index (χ3v) is 3.98. The number of amides is 1. The van der Waals surface area contributed by atoms with Crippen LogP contribution in [0.5, 0.6) is 0 Å². The van der Waals surface area contributed by atoms with Crippen molar-refractivity contribution in [2.75, 3.05) is 24.5 Å². The van der Waals surface area contributed by atoms with E-state index < -0.39 is 0 Å². The molecule has 1 atom stereocenters. The van der Waals surface area contributed by atoms with Gasteiger partial charge in [0.2, 0.25) is 5.91 Å². The highest BCUT2D eigenvalue weighted by molar-refractivity contribution is 5.72.